The second-order valence-corrected chi connectivity index (χ2v) is 10.3. The quantitative estimate of drug-likeness (QED) is 0.575. The molecule has 0 aromatic heterocycles. The molecule has 0 saturated heterocycles. The van der Waals surface area contributed by atoms with E-state index >= 15 is 0 Å². The van der Waals surface area contributed by atoms with E-state index in [-0.39, 0.29) is 0 Å². The van der Waals surface area contributed by atoms with E-state index in [1.165, 1.54) is 12.6 Å². The van der Waals surface area contributed by atoms with E-state index in [1.54, 1.807) is 0 Å². The first kappa shape index (κ1) is 11.4. The summed E-state index contributed by atoms with van der Waals surface area (Å²) >= 11 is 0. The SMILES string of the molecule is CCC(C)[PH](C)(C)CC(C)C. The minimum absolute atomic E-state index is 0.870. The molecule has 0 N–H and O–H groups in total. The van der Waals surface area contributed by atoms with Gasteiger partial charge in [-0.3, -0.25) is 0 Å². The predicted octanol–water partition coefficient (Wildman–Crippen LogP) is 3.45. The molecule has 0 aliphatic heterocycles. The van der Waals surface area contributed by atoms with Crippen molar-refractivity contribution in [2.24, 2.45) is 5.92 Å². The van der Waals surface area contributed by atoms with Crippen LogP contribution in [0.25, 0.3) is 0 Å². The zero-order chi connectivity index (χ0) is 9.07. The Balaban J connectivity index is 3.98. The van der Waals surface area contributed by atoms with Crippen LogP contribution in [0.15, 0.2) is 0 Å². The van der Waals surface area contributed by atoms with E-state index in [0.717, 1.165) is 11.6 Å². The van der Waals surface area contributed by atoms with Crippen molar-refractivity contribution in [3.8, 4) is 0 Å². The zero-order valence-corrected chi connectivity index (χ0v) is 10.1. The van der Waals surface area contributed by atoms with Gasteiger partial charge in [0.1, 0.15) is 0 Å². The second-order valence-electron chi connectivity index (χ2n) is 4.90. The van der Waals surface area contributed by atoms with Gasteiger partial charge in [0, 0.05) is 0 Å². The van der Waals surface area contributed by atoms with Crippen LogP contribution in [-0.2, 0) is 0 Å². The minimum atomic E-state index is -0.870. The second kappa shape index (κ2) is 4.45. The summed E-state index contributed by atoms with van der Waals surface area (Å²) in [7, 11) is -0.870. The van der Waals surface area contributed by atoms with Crippen LogP contribution in [0.2, 0.25) is 0 Å². The molecule has 0 spiro atoms. The molecule has 70 valence electrons. The molecule has 11 heavy (non-hydrogen) atoms. The van der Waals surface area contributed by atoms with Crippen molar-refractivity contribution < 1.29 is 0 Å². The van der Waals surface area contributed by atoms with Gasteiger partial charge in [0.05, 0.1) is 0 Å². The van der Waals surface area contributed by atoms with Crippen molar-refractivity contribution >= 4 is 7.26 Å². The summed E-state index contributed by atoms with van der Waals surface area (Å²) in [6.07, 6.45) is 2.86. The number of rotatable bonds is 4. The van der Waals surface area contributed by atoms with Gasteiger partial charge in [-0.2, -0.15) is 0 Å². The van der Waals surface area contributed by atoms with E-state index < -0.39 is 7.26 Å². The third kappa shape index (κ3) is 4.11. The molecule has 0 saturated carbocycles. The van der Waals surface area contributed by atoms with Crippen molar-refractivity contribution in [3.05, 3.63) is 0 Å². The molecule has 0 aliphatic carbocycles. The Morgan fingerprint density at radius 2 is 1.55 bits per heavy atom. The van der Waals surface area contributed by atoms with Crippen LogP contribution in [0.3, 0.4) is 0 Å². The van der Waals surface area contributed by atoms with Gasteiger partial charge in [0.2, 0.25) is 0 Å². The average Bonchev–Trinajstić information content (AvgIpc) is 1.83. The van der Waals surface area contributed by atoms with E-state index in [4.69, 9.17) is 0 Å². The predicted molar refractivity (Wildman–Crippen MR) is 59.6 cm³/mol. The van der Waals surface area contributed by atoms with Gasteiger partial charge in [-0.05, 0) is 0 Å². The van der Waals surface area contributed by atoms with Gasteiger partial charge in [0.15, 0.2) is 0 Å². The van der Waals surface area contributed by atoms with Crippen LogP contribution in [-0.4, -0.2) is 25.2 Å². The summed E-state index contributed by atoms with van der Waals surface area (Å²) in [6, 6.07) is 0. The van der Waals surface area contributed by atoms with Crippen LogP contribution < -0.4 is 0 Å². The van der Waals surface area contributed by atoms with Crippen LogP contribution in [0.5, 0.6) is 0 Å². The first-order chi connectivity index (χ1) is 4.90. The van der Waals surface area contributed by atoms with Gasteiger partial charge in [0.25, 0.3) is 0 Å². The number of hydrogen-bond acceptors (Lipinski definition) is 0. The van der Waals surface area contributed by atoms with Crippen molar-refractivity contribution in [2.45, 2.75) is 39.8 Å². The molecule has 0 radical (unpaired) electrons. The fourth-order valence-electron chi connectivity index (χ4n) is 1.81. The van der Waals surface area contributed by atoms with E-state index in [1.807, 2.05) is 0 Å². The van der Waals surface area contributed by atoms with Crippen molar-refractivity contribution in [1.82, 2.24) is 0 Å². The van der Waals surface area contributed by atoms with Gasteiger partial charge < -0.3 is 0 Å². The molecular weight excluding hydrogens is 151 g/mol. The monoisotopic (exact) mass is 176 g/mol. The van der Waals surface area contributed by atoms with Crippen LogP contribution in [0.1, 0.15) is 34.1 Å². The summed E-state index contributed by atoms with van der Waals surface area (Å²) in [4.78, 5) is 0. The zero-order valence-electron chi connectivity index (χ0n) is 9.07. The third-order valence-corrected chi connectivity index (χ3v) is 7.83. The summed E-state index contributed by atoms with van der Waals surface area (Å²) in [5, 5.41) is 0. The van der Waals surface area contributed by atoms with E-state index in [2.05, 4.69) is 41.0 Å². The molecule has 1 atom stereocenters. The van der Waals surface area contributed by atoms with Gasteiger partial charge in [-0.15, -0.1) is 0 Å². The molecule has 0 aromatic rings. The normalized spacial score (nSPS) is 17.0. The molecule has 1 heteroatoms. The molecule has 0 heterocycles. The fraction of sp³-hybridized carbons (Fsp3) is 1.00. The molecule has 0 nitrogen and oxygen atoms in total. The molecule has 0 aliphatic rings. The van der Waals surface area contributed by atoms with Crippen LogP contribution in [0.4, 0.5) is 0 Å². The Labute approximate surface area is 73.1 Å². The Bertz CT molecular complexity index is 105. The Morgan fingerprint density at radius 1 is 1.09 bits per heavy atom. The molecule has 0 rings (SSSR count). The summed E-state index contributed by atoms with van der Waals surface area (Å²) in [5.74, 6) is 0.894. The Hall–Kier alpha value is 0.430. The maximum atomic E-state index is 2.53. The van der Waals surface area contributed by atoms with Crippen molar-refractivity contribution in [2.75, 3.05) is 19.5 Å². The van der Waals surface area contributed by atoms with Crippen LogP contribution >= 0.6 is 7.26 Å². The van der Waals surface area contributed by atoms with Crippen molar-refractivity contribution in [1.29, 1.82) is 0 Å². The summed E-state index contributed by atoms with van der Waals surface area (Å²) in [5.41, 5.74) is 0.991. The first-order valence-electron chi connectivity index (χ1n) is 4.90. The van der Waals surface area contributed by atoms with Gasteiger partial charge in [-0.1, -0.05) is 0 Å². The Morgan fingerprint density at radius 3 is 1.82 bits per heavy atom. The molecule has 0 fully saturated rings. The van der Waals surface area contributed by atoms with Crippen LogP contribution in [0, 0.1) is 5.92 Å². The standard InChI is InChI=1S/C10H25P/c1-7-10(4)11(5,6)8-9(2)3/h9-11H,7-8H2,1-6H3. The van der Waals surface area contributed by atoms with E-state index in [0.29, 0.717) is 0 Å². The first-order valence-corrected chi connectivity index (χ1v) is 8.18. The third-order valence-electron chi connectivity index (χ3n) is 2.88. The maximum absolute atomic E-state index is 2.53. The fourth-order valence-corrected chi connectivity index (χ4v) is 5.42. The summed E-state index contributed by atoms with van der Waals surface area (Å²) in [6.45, 7) is 14.5. The average molecular weight is 176 g/mol. The molecule has 0 amide bonds. The molecule has 0 aromatic carbocycles. The van der Waals surface area contributed by atoms with Gasteiger partial charge >= 0.3 is 72.4 Å². The molecule has 1 unspecified atom stereocenters. The number of hydrogen-bond donors (Lipinski definition) is 0. The summed E-state index contributed by atoms with van der Waals surface area (Å²) < 4.78 is 0. The molecule has 0 bridgehead atoms. The van der Waals surface area contributed by atoms with Crippen molar-refractivity contribution in [3.63, 3.8) is 0 Å². The Kier molecular flexibility index (Phi) is 4.63. The van der Waals surface area contributed by atoms with E-state index in [9.17, 15) is 0 Å². The topological polar surface area (TPSA) is 0 Å². The van der Waals surface area contributed by atoms with Gasteiger partial charge in [-0.25, -0.2) is 0 Å². The molecular formula is C10H25P.